The molecule has 0 radical (unpaired) electrons. The number of nitrogens with zero attached hydrogens (tertiary/aromatic N) is 2. The summed E-state index contributed by atoms with van der Waals surface area (Å²) in [4.78, 5) is 24.7. The molecule has 8 heteroatoms. The molecule has 0 aliphatic carbocycles. The molecule has 1 aliphatic heterocycles. The van der Waals surface area contributed by atoms with E-state index in [1.165, 1.54) is 31.3 Å². The highest BCUT2D eigenvalue weighted by Gasteiger charge is 2.36. The SMILES string of the molecule is COc1cc(C(=O)N2CC[C@H](O)[C@H]2C)c([N+](=O)[O-])cc1OC. The summed E-state index contributed by atoms with van der Waals surface area (Å²) in [6.07, 6.45) is -0.170. The van der Waals surface area contributed by atoms with E-state index in [1.807, 2.05) is 0 Å². The van der Waals surface area contributed by atoms with Crippen molar-refractivity contribution in [3.8, 4) is 11.5 Å². The minimum atomic E-state index is -0.633. The molecule has 1 amide bonds. The summed E-state index contributed by atoms with van der Waals surface area (Å²) in [6, 6.07) is 2.08. The van der Waals surface area contributed by atoms with Crippen LogP contribution in [0.2, 0.25) is 0 Å². The number of aliphatic hydroxyl groups excluding tert-OH is 1. The minimum absolute atomic E-state index is 0.0800. The lowest BCUT2D eigenvalue weighted by Gasteiger charge is -2.23. The molecule has 1 aliphatic rings. The number of carbonyl (C=O) groups excluding carboxylic acids is 1. The highest BCUT2D eigenvalue weighted by atomic mass is 16.6. The third-order valence-corrected chi connectivity index (χ3v) is 3.90. The maximum atomic E-state index is 12.6. The van der Waals surface area contributed by atoms with Crippen LogP contribution in [0, 0.1) is 10.1 Å². The number of rotatable bonds is 4. The second kappa shape index (κ2) is 6.18. The first-order valence-corrected chi connectivity index (χ1v) is 6.80. The first-order chi connectivity index (χ1) is 10.4. The average molecular weight is 310 g/mol. The number of likely N-dealkylation sites (tertiary alicyclic amines) is 1. The topological polar surface area (TPSA) is 102 Å². The van der Waals surface area contributed by atoms with Crippen molar-refractivity contribution < 1.29 is 24.3 Å². The van der Waals surface area contributed by atoms with Gasteiger partial charge in [-0.15, -0.1) is 0 Å². The molecule has 22 heavy (non-hydrogen) atoms. The summed E-state index contributed by atoms with van der Waals surface area (Å²) in [5.41, 5.74) is -0.431. The number of nitro benzene ring substituents is 1. The van der Waals surface area contributed by atoms with Gasteiger partial charge in [-0.25, -0.2) is 0 Å². The number of aliphatic hydroxyl groups is 1. The predicted molar refractivity (Wildman–Crippen MR) is 77.3 cm³/mol. The van der Waals surface area contributed by atoms with Gasteiger partial charge >= 0.3 is 0 Å². The Hall–Kier alpha value is -2.35. The number of benzene rings is 1. The first-order valence-electron chi connectivity index (χ1n) is 6.80. The summed E-state index contributed by atoms with van der Waals surface area (Å²) < 4.78 is 10.1. The van der Waals surface area contributed by atoms with Gasteiger partial charge in [-0.2, -0.15) is 0 Å². The second-order valence-electron chi connectivity index (χ2n) is 5.08. The third kappa shape index (κ3) is 2.69. The Morgan fingerprint density at radius 3 is 2.41 bits per heavy atom. The maximum absolute atomic E-state index is 12.6. The first kappa shape index (κ1) is 16.0. The van der Waals surface area contributed by atoms with Crippen LogP contribution in [0.15, 0.2) is 12.1 Å². The fourth-order valence-corrected chi connectivity index (χ4v) is 2.56. The van der Waals surface area contributed by atoms with Gasteiger partial charge < -0.3 is 19.5 Å². The van der Waals surface area contributed by atoms with Gasteiger partial charge in [0, 0.05) is 12.6 Å². The summed E-state index contributed by atoms with van der Waals surface area (Å²) >= 11 is 0. The van der Waals surface area contributed by atoms with Crippen LogP contribution in [0.4, 0.5) is 5.69 Å². The van der Waals surface area contributed by atoms with Crippen LogP contribution >= 0.6 is 0 Å². The standard InChI is InChI=1S/C14H18N2O6/c1-8-11(17)4-5-15(8)14(18)9-6-12(21-2)13(22-3)7-10(9)16(19)20/h6-8,11,17H,4-5H2,1-3H3/t8-,11+/m1/s1. The molecular formula is C14H18N2O6. The van der Waals surface area contributed by atoms with Crippen LogP contribution in [0.1, 0.15) is 23.7 Å². The van der Waals surface area contributed by atoms with Gasteiger partial charge in [-0.05, 0) is 13.3 Å². The van der Waals surface area contributed by atoms with Gasteiger partial charge in [0.25, 0.3) is 11.6 Å². The lowest BCUT2D eigenvalue weighted by molar-refractivity contribution is -0.385. The Balaban J connectivity index is 2.49. The summed E-state index contributed by atoms with van der Waals surface area (Å²) in [7, 11) is 2.75. The highest BCUT2D eigenvalue weighted by Crippen LogP contribution is 2.36. The monoisotopic (exact) mass is 310 g/mol. The quantitative estimate of drug-likeness (QED) is 0.662. The van der Waals surface area contributed by atoms with Crippen molar-refractivity contribution in [2.75, 3.05) is 20.8 Å². The van der Waals surface area contributed by atoms with E-state index < -0.39 is 16.9 Å². The van der Waals surface area contributed by atoms with E-state index in [9.17, 15) is 20.0 Å². The van der Waals surface area contributed by atoms with E-state index in [0.29, 0.717) is 13.0 Å². The minimum Gasteiger partial charge on any atom is -0.493 e. The van der Waals surface area contributed by atoms with Gasteiger partial charge in [-0.3, -0.25) is 14.9 Å². The Morgan fingerprint density at radius 2 is 1.95 bits per heavy atom. The molecule has 1 saturated heterocycles. The molecule has 0 spiro atoms. The zero-order valence-corrected chi connectivity index (χ0v) is 12.6. The zero-order valence-electron chi connectivity index (χ0n) is 12.6. The van der Waals surface area contributed by atoms with Gasteiger partial charge in [0.15, 0.2) is 11.5 Å². The normalized spacial score (nSPS) is 20.8. The molecule has 1 aromatic carbocycles. The molecule has 1 N–H and O–H groups in total. The van der Waals surface area contributed by atoms with Crippen molar-refractivity contribution in [2.45, 2.75) is 25.5 Å². The van der Waals surface area contributed by atoms with E-state index in [1.54, 1.807) is 6.92 Å². The second-order valence-corrected chi connectivity index (χ2v) is 5.08. The number of carbonyl (C=O) groups is 1. The number of amides is 1. The average Bonchev–Trinajstić information content (AvgIpc) is 2.84. The van der Waals surface area contributed by atoms with E-state index in [-0.39, 0.29) is 28.8 Å². The summed E-state index contributed by atoms with van der Waals surface area (Å²) in [5.74, 6) is -0.0826. The molecule has 8 nitrogen and oxygen atoms in total. The Kier molecular flexibility index (Phi) is 4.51. The number of nitro groups is 1. The fraction of sp³-hybridized carbons (Fsp3) is 0.500. The largest absolute Gasteiger partial charge is 0.493 e. The molecule has 0 bridgehead atoms. The maximum Gasteiger partial charge on any atom is 0.286 e. The highest BCUT2D eigenvalue weighted by molar-refractivity contribution is 5.99. The molecule has 2 atom stereocenters. The van der Waals surface area contributed by atoms with Crippen molar-refractivity contribution in [1.29, 1.82) is 0 Å². The van der Waals surface area contributed by atoms with E-state index >= 15 is 0 Å². The zero-order chi connectivity index (χ0) is 16.4. The van der Waals surface area contributed by atoms with Crippen molar-refractivity contribution in [1.82, 2.24) is 4.90 Å². The fourth-order valence-electron chi connectivity index (χ4n) is 2.56. The van der Waals surface area contributed by atoms with Gasteiger partial charge in [0.1, 0.15) is 5.56 Å². The van der Waals surface area contributed by atoms with Crippen LogP contribution in [0.5, 0.6) is 11.5 Å². The van der Waals surface area contributed by atoms with Crippen LogP contribution < -0.4 is 9.47 Å². The lowest BCUT2D eigenvalue weighted by atomic mass is 10.1. The summed E-state index contributed by atoms with van der Waals surface area (Å²) in [5, 5.41) is 21.0. The van der Waals surface area contributed by atoms with E-state index in [4.69, 9.17) is 9.47 Å². The molecule has 1 aromatic rings. The van der Waals surface area contributed by atoms with Gasteiger partial charge in [-0.1, -0.05) is 0 Å². The van der Waals surface area contributed by atoms with Gasteiger partial charge in [0.05, 0.1) is 37.4 Å². The number of methoxy groups -OCH3 is 2. The Morgan fingerprint density at radius 1 is 1.36 bits per heavy atom. The Labute approximate surface area is 127 Å². The number of ether oxygens (including phenoxy) is 2. The Bertz CT molecular complexity index is 603. The van der Waals surface area contributed by atoms with Crippen LogP contribution in [0.3, 0.4) is 0 Å². The molecular weight excluding hydrogens is 292 g/mol. The molecule has 2 rings (SSSR count). The molecule has 0 saturated carbocycles. The smallest absolute Gasteiger partial charge is 0.286 e. The van der Waals surface area contributed by atoms with Crippen molar-refractivity contribution >= 4 is 11.6 Å². The predicted octanol–water partition coefficient (Wildman–Crippen LogP) is 1.21. The van der Waals surface area contributed by atoms with E-state index in [0.717, 1.165) is 0 Å². The molecule has 1 heterocycles. The third-order valence-electron chi connectivity index (χ3n) is 3.90. The molecule has 0 unspecified atom stereocenters. The molecule has 120 valence electrons. The van der Waals surface area contributed by atoms with Crippen molar-refractivity contribution in [2.24, 2.45) is 0 Å². The number of hydrogen-bond donors (Lipinski definition) is 1. The van der Waals surface area contributed by atoms with Crippen molar-refractivity contribution in [3.05, 3.63) is 27.8 Å². The van der Waals surface area contributed by atoms with Crippen molar-refractivity contribution in [3.63, 3.8) is 0 Å². The van der Waals surface area contributed by atoms with Crippen LogP contribution in [-0.4, -0.2) is 53.7 Å². The summed E-state index contributed by atoms with van der Waals surface area (Å²) in [6.45, 7) is 2.06. The molecule has 0 aromatic heterocycles. The van der Waals surface area contributed by atoms with Gasteiger partial charge in [0.2, 0.25) is 0 Å². The van der Waals surface area contributed by atoms with Crippen LogP contribution in [0.25, 0.3) is 0 Å². The molecule has 1 fully saturated rings. The van der Waals surface area contributed by atoms with E-state index in [2.05, 4.69) is 0 Å². The number of hydrogen-bond acceptors (Lipinski definition) is 6. The van der Waals surface area contributed by atoms with Crippen LogP contribution in [-0.2, 0) is 0 Å². The lowest BCUT2D eigenvalue weighted by Crippen LogP contribution is -2.37.